The van der Waals surface area contributed by atoms with Crippen molar-refractivity contribution in [2.75, 3.05) is 0 Å². The summed E-state index contributed by atoms with van der Waals surface area (Å²) in [6.45, 7) is 3.53. The molecule has 1 aromatic carbocycles. The third kappa shape index (κ3) is 3.96. The van der Waals surface area contributed by atoms with Crippen molar-refractivity contribution >= 4 is 27.5 Å². The number of nitro groups is 1. The summed E-state index contributed by atoms with van der Waals surface area (Å²) in [5, 5.41) is 13.0. The van der Waals surface area contributed by atoms with E-state index in [9.17, 15) is 23.7 Å². The largest absolute Gasteiger partial charge is 0.349 e. The summed E-state index contributed by atoms with van der Waals surface area (Å²) in [7, 11) is 0. The zero-order valence-corrected chi connectivity index (χ0v) is 12.4. The predicted octanol–water partition coefficient (Wildman–Crippen LogP) is 3.16. The molecule has 5 nitrogen and oxygen atoms in total. The van der Waals surface area contributed by atoms with Crippen LogP contribution in [0.5, 0.6) is 0 Å². The SMILES string of the molecule is CC(Br)CC(C)NC(=O)c1c(F)ccc([N+](=O)[O-])c1F. The monoisotopic (exact) mass is 350 g/mol. The first-order chi connectivity index (χ1) is 9.23. The summed E-state index contributed by atoms with van der Waals surface area (Å²) in [4.78, 5) is 21.5. The molecule has 2 atom stereocenters. The molecule has 0 heterocycles. The number of carbonyl (C=O) groups excluding carboxylic acids is 1. The fraction of sp³-hybridized carbons (Fsp3) is 0.417. The van der Waals surface area contributed by atoms with Crippen molar-refractivity contribution in [1.29, 1.82) is 0 Å². The summed E-state index contributed by atoms with van der Waals surface area (Å²) in [5.74, 6) is -3.61. The molecule has 0 bridgehead atoms. The number of rotatable bonds is 5. The van der Waals surface area contributed by atoms with Gasteiger partial charge in [0.2, 0.25) is 5.82 Å². The Morgan fingerprint density at radius 3 is 2.55 bits per heavy atom. The maximum absolute atomic E-state index is 13.8. The molecule has 1 N–H and O–H groups in total. The van der Waals surface area contributed by atoms with Crippen LogP contribution in [0.25, 0.3) is 0 Å². The van der Waals surface area contributed by atoms with E-state index >= 15 is 0 Å². The van der Waals surface area contributed by atoms with Crippen molar-refractivity contribution in [3.8, 4) is 0 Å². The van der Waals surface area contributed by atoms with Gasteiger partial charge in [0, 0.05) is 16.9 Å². The first kappa shape index (κ1) is 16.5. The molecule has 1 amide bonds. The van der Waals surface area contributed by atoms with Gasteiger partial charge >= 0.3 is 5.69 Å². The van der Waals surface area contributed by atoms with Gasteiger partial charge in [-0.05, 0) is 19.4 Å². The van der Waals surface area contributed by atoms with Crippen LogP contribution in [0, 0.1) is 21.7 Å². The molecule has 0 saturated heterocycles. The van der Waals surface area contributed by atoms with Gasteiger partial charge in [0.1, 0.15) is 11.4 Å². The second-order valence-corrected chi connectivity index (χ2v) is 5.97. The van der Waals surface area contributed by atoms with Crippen molar-refractivity contribution < 1.29 is 18.5 Å². The lowest BCUT2D eigenvalue weighted by Crippen LogP contribution is -2.35. The summed E-state index contributed by atoms with van der Waals surface area (Å²) < 4.78 is 27.3. The van der Waals surface area contributed by atoms with Crippen molar-refractivity contribution in [3.63, 3.8) is 0 Å². The molecule has 0 aromatic heterocycles. The molecule has 0 fully saturated rings. The molecule has 0 aliphatic heterocycles. The van der Waals surface area contributed by atoms with Crippen LogP contribution >= 0.6 is 15.9 Å². The van der Waals surface area contributed by atoms with Gasteiger partial charge in [0.05, 0.1) is 4.92 Å². The third-order valence-corrected chi connectivity index (χ3v) is 2.92. The number of benzene rings is 1. The van der Waals surface area contributed by atoms with Crippen LogP contribution < -0.4 is 5.32 Å². The topological polar surface area (TPSA) is 72.2 Å². The van der Waals surface area contributed by atoms with E-state index in [0.29, 0.717) is 18.6 Å². The van der Waals surface area contributed by atoms with Crippen molar-refractivity contribution in [1.82, 2.24) is 5.32 Å². The zero-order valence-electron chi connectivity index (χ0n) is 10.8. The molecule has 0 spiro atoms. The smallest absolute Gasteiger partial charge is 0.305 e. The van der Waals surface area contributed by atoms with E-state index in [1.165, 1.54) is 0 Å². The van der Waals surface area contributed by atoms with Crippen LogP contribution in [-0.4, -0.2) is 21.7 Å². The molecule has 1 rings (SSSR count). The van der Waals surface area contributed by atoms with E-state index in [2.05, 4.69) is 21.2 Å². The lowest BCUT2D eigenvalue weighted by atomic mass is 10.1. The maximum atomic E-state index is 13.8. The Bertz CT molecular complexity index is 538. The number of nitrogens with zero attached hydrogens (tertiary/aromatic N) is 1. The van der Waals surface area contributed by atoms with Gasteiger partial charge in [-0.25, -0.2) is 4.39 Å². The number of halogens is 3. The molecule has 8 heteroatoms. The quantitative estimate of drug-likeness (QED) is 0.503. The Morgan fingerprint density at radius 1 is 1.45 bits per heavy atom. The minimum Gasteiger partial charge on any atom is -0.349 e. The van der Waals surface area contributed by atoms with Crippen LogP contribution in [0.2, 0.25) is 0 Å². The zero-order chi connectivity index (χ0) is 15.4. The highest BCUT2D eigenvalue weighted by Gasteiger charge is 2.26. The number of hydrogen-bond acceptors (Lipinski definition) is 3. The second-order valence-electron chi connectivity index (χ2n) is 4.40. The molecule has 0 radical (unpaired) electrons. The number of nitrogens with one attached hydrogen (secondary N) is 1. The fourth-order valence-corrected chi connectivity index (χ4v) is 2.29. The van der Waals surface area contributed by atoms with Crippen molar-refractivity contribution in [2.24, 2.45) is 0 Å². The van der Waals surface area contributed by atoms with Crippen LogP contribution in [0.1, 0.15) is 30.6 Å². The highest BCUT2D eigenvalue weighted by atomic mass is 79.9. The fourth-order valence-electron chi connectivity index (χ4n) is 1.73. The molecule has 20 heavy (non-hydrogen) atoms. The van der Waals surface area contributed by atoms with Gasteiger partial charge in [0.25, 0.3) is 5.91 Å². The van der Waals surface area contributed by atoms with Gasteiger partial charge in [-0.1, -0.05) is 22.9 Å². The van der Waals surface area contributed by atoms with Crippen LogP contribution in [0.3, 0.4) is 0 Å². The molecule has 0 aliphatic carbocycles. The Morgan fingerprint density at radius 2 is 2.05 bits per heavy atom. The molecular weight excluding hydrogens is 338 g/mol. The Balaban J connectivity index is 3.04. The highest BCUT2D eigenvalue weighted by molar-refractivity contribution is 9.09. The normalized spacial score (nSPS) is 13.7. The molecule has 1 aromatic rings. The number of nitro benzene ring substituents is 1. The maximum Gasteiger partial charge on any atom is 0.305 e. The van der Waals surface area contributed by atoms with Gasteiger partial charge in [-0.3, -0.25) is 14.9 Å². The third-order valence-electron chi connectivity index (χ3n) is 2.55. The van der Waals surface area contributed by atoms with E-state index in [1.807, 2.05) is 6.92 Å². The van der Waals surface area contributed by atoms with E-state index in [0.717, 1.165) is 0 Å². The van der Waals surface area contributed by atoms with E-state index in [4.69, 9.17) is 0 Å². The molecule has 2 unspecified atom stereocenters. The Labute approximate surface area is 122 Å². The number of amides is 1. The second kappa shape index (κ2) is 6.74. The Kier molecular flexibility index (Phi) is 5.55. The number of alkyl halides is 1. The average molecular weight is 351 g/mol. The summed E-state index contributed by atoms with van der Waals surface area (Å²) in [6, 6.07) is 1.05. The summed E-state index contributed by atoms with van der Waals surface area (Å²) in [6.07, 6.45) is 0.546. The van der Waals surface area contributed by atoms with Gasteiger partial charge < -0.3 is 5.32 Å². The van der Waals surface area contributed by atoms with Gasteiger partial charge in [-0.15, -0.1) is 0 Å². The minimum atomic E-state index is -1.47. The van der Waals surface area contributed by atoms with Crippen molar-refractivity contribution in [3.05, 3.63) is 39.4 Å². The minimum absolute atomic E-state index is 0.109. The Hall–Kier alpha value is -1.57. The van der Waals surface area contributed by atoms with E-state index < -0.39 is 33.7 Å². The van der Waals surface area contributed by atoms with Gasteiger partial charge in [0.15, 0.2) is 0 Å². The van der Waals surface area contributed by atoms with Crippen LogP contribution in [0.4, 0.5) is 14.5 Å². The van der Waals surface area contributed by atoms with E-state index in [1.54, 1.807) is 6.92 Å². The summed E-state index contributed by atoms with van der Waals surface area (Å²) in [5.41, 5.74) is -1.87. The van der Waals surface area contributed by atoms with E-state index in [-0.39, 0.29) is 10.9 Å². The van der Waals surface area contributed by atoms with Gasteiger partial charge in [-0.2, -0.15) is 4.39 Å². The predicted molar refractivity (Wildman–Crippen MR) is 72.9 cm³/mol. The highest BCUT2D eigenvalue weighted by Crippen LogP contribution is 2.23. The lowest BCUT2D eigenvalue weighted by molar-refractivity contribution is -0.387. The van der Waals surface area contributed by atoms with Crippen LogP contribution in [-0.2, 0) is 0 Å². The lowest BCUT2D eigenvalue weighted by Gasteiger charge is -2.15. The van der Waals surface area contributed by atoms with Crippen molar-refractivity contribution in [2.45, 2.75) is 31.1 Å². The average Bonchev–Trinajstić information content (AvgIpc) is 2.26. The summed E-state index contributed by atoms with van der Waals surface area (Å²) >= 11 is 3.29. The molecular formula is C12H13BrF2N2O3. The van der Waals surface area contributed by atoms with Crippen LogP contribution in [0.15, 0.2) is 12.1 Å². The molecule has 0 saturated carbocycles. The first-order valence-corrected chi connectivity index (χ1v) is 6.73. The molecule has 0 aliphatic rings. The number of carbonyl (C=O) groups is 1. The first-order valence-electron chi connectivity index (χ1n) is 5.81. The standard InChI is InChI=1S/C12H13BrF2N2O3/c1-6(13)5-7(2)16-12(18)10-8(14)3-4-9(11(10)15)17(19)20/h3-4,6-7H,5H2,1-2H3,(H,16,18). The molecule has 110 valence electrons. The number of hydrogen-bond donors (Lipinski definition) is 1.